The fourth-order valence-electron chi connectivity index (χ4n) is 1.26. The summed E-state index contributed by atoms with van der Waals surface area (Å²) in [5.74, 6) is 0. The van der Waals surface area contributed by atoms with E-state index in [2.05, 4.69) is 53.8 Å². The van der Waals surface area contributed by atoms with Crippen molar-refractivity contribution in [2.75, 3.05) is 0 Å². The number of allylic oxidation sites excluding steroid dienone is 6. The standard InChI is InChI=1S/C11H15I/c1-2-3-6-10-7-4-5-8-11(12)9-10/h4-5,7-8H,2-3,6,9H2,1H3. The zero-order chi connectivity index (χ0) is 8.81. The molecule has 0 aromatic carbocycles. The summed E-state index contributed by atoms with van der Waals surface area (Å²) in [5.41, 5.74) is 1.58. The summed E-state index contributed by atoms with van der Waals surface area (Å²) >= 11 is 2.42. The van der Waals surface area contributed by atoms with Gasteiger partial charge in [0.2, 0.25) is 0 Å². The van der Waals surface area contributed by atoms with Crippen LogP contribution >= 0.6 is 22.6 Å². The summed E-state index contributed by atoms with van der Waals surface area (Å²) in [4.78, 5) is 0. The first-order valence-electron chi connectivity index (χ1n) is 4.53. The second-order valence-corrected chi connectivity index (χ2v) is 4.49. The third-order valence-electron chi connectivity index (χ3n) is 1.97. The molecule has 0 atom stereocenters. The third-order valence-corrected chi connectivity index (χ3v) is 2.71. The molecule has 0 aromatic heterocycles. The van der Waals surface area contributed by atoms with Gasteiger partial charge in [-0.1, -0.05) is 43.2 Å². The minimum atomic E-state index is 1.16. The van der Waals surface area contributed by atoms with Crippen molar-refractivity contribution in [2.45, 2.75) is 32.6 Å². The summed E-state index contributed by atoms with van der Waals surface area (Å²) in [6.45, 7) is 2.24. The quantitative estimate of drug-likeness (QED) is 0.670. The van der Waals surface area contributed by atoms with E-state index in [4.69, 9.17) is 0 Å². The number of hydrogen-bond donors (Lipinski definition) is 0. The SMILES string of the molecule is CCCCC1=CC=CC=C(I)C1. The van der Waals surface area contributed by atoms with Gasteiger partial charge >= 0.3 is 0 Å². The highest BCUT2D eigenvalue weighted by Gasteiger charge is 2.00. The molecular weight excluding hydrogens is 259 g/mol. The van der Waals surface area contributed by atoms with E-state index in [1.54, 1.807) is 5.57 Å². The fourth-order valence-corrected chi connectivity index (χ4v) is 1.96. The molecule has 0 unspecified atom stereocenters. The molecular formula is C11H15I. The maximum Gasteiger partial charge on any atom is -0.000572 e. The van der Waals surface area contributed by atoms with Crippen LogP contribution in [-0.4, -0.2) is 0 Å². The highest BCUT2D eigenvalue weighted by molar-refractivity contribution is 14.1. The average molecular weight is 274 g/mol. The molecule has 0 spiro atoms. The van der Waals surface area contributed by atoms with Gasteiger partial charge in [-0.15, -0.1) is 0 Å². The van der Waals surface area contributed by atoms with Crippen molar-refractivity contribution in [2.24, 2.45) is 0 Å². The zero-order valence-corrected chi connectivity index (χ0v) is 9.67. The van der Waals surface area contributed by atoms with Gasteiger partial charge in [0.25, 0.3) is 0 Å². The topological polar surface area (TPSA) is 0 Å². The minimum Gasteiger partial charge on any atom is -0.0654 e. The molecule has 1 aliphatic rings. The lowest BCUT2D eigenvalue weighted by Crippen LogP contribution is -1.83. The molecule has 0 nitrogen and oxygen atoms in total. The second-order valence-electron chi connectivity index (χ2n) is 3.10. The van der Waals surface area contributed by atoms with Crippen LogP contribution in [0.25, 0.3) is 0 Å². The van der Waals surface area contributed by atoms with Crippen LogP contribution in [-0.2, 0) is 0 Å². The molecule has 12 heavy (non-hydrogen) atoms. The predicted molar refractivity (Wildman–Crippen MR) is 63.5 cm³/mol. The van der Waals surface area contributed by atoms with E-state index in [1.807, 2.05) is 0 Å². The van der Waals surface area contributed by atoms with Crippen molar-refractivity contribution in [1.82, 2.24) is 0 Å². The lowest BCUT2D eigenvalue weighted by atomic mass is 10.1. The van der Waals surface area contributed by atoms with Crippen molar-refractivity contribution in [1.29, 1.82) is 0 Å². The van der Waals surface area contributed by atoms with Crippen molar-refractivity contribution in [3.63, 3.8) is 0 Å². The van der Waals surface area contributed by atoms with Gasteiger partial charge in [0.1, 0.15) is 0 Å². The Morgan fingerprint density at radius 2 is 2.08 bits per heavy atom. The van der Waals surface area contributed by atoms with Crippen LogP contribution in [0.5, 0.6) is 0 Å². The van der Waals surface area contributed by atoms with Crippen LogP contribution in [0.2, 0.25) is 0 Å². The predicted octanol–water partition coefficient (Wildman–Crippen LogP) is 4.38. The minimum absolute atomic E-state index is 1.16. The molecule has 0 N–H and O–H groups in total. The summed E-state index contributed by atoms with van der Waals surface area (Å²) in [6, 6.07) is 0. The van der Waals surface area contributed by atoms with Crippen molar-refractivity contribution >= 4 is 22.6 Å². The van der Waals surface area contributed by atoms with Crippen LogP contribution < -0.4 is 0 Å². The van der Waals surface area contributed by atoms with Gasteiger partial charge in [-0.05, 0) is 45.4 Å². The molecule has 0 radical (unpaired) electrons. The molecule has 1 heteroatoms. The molecule has 0 heterocycles. The molecule has 0 saturated carbocycles. The van der Waals surface area contributed by atoms with Gasteiger partial charge in [-0.25, -0.2) is 0 Å². The monoisotopic (exact) mass is 274 g/mol. The Hall–Kier alpha value is -0.0500. The van der Waals surface area contributed by atoms with Crippen LogP contribution in [0.15, 0.2) is 33.5 Å². The Morgan fingerprint density at radius 3 is 2.83 bits per heavy atom. The van der Waals surface area contributed by atoms with Crippen LogP contribution in [0.4, 0.5) is 0 Å². The van der Waals surface area contributed by atoms with Gasteiger partial charge < -0.3 is 0 Å². The second kappa shape index (κ2) is 5.57. The Labute approximate surface area is 88.6 Å². The highest BCUT2D eigenvalue weighted by Crippen LogP contribution is 2.23. The molecule has 1 aliphatic carbocycles. The summed E-state index contributed by atoms with van der Waals surface area (Å²) in [5, 5.41) is 0. The Bertz CT molecular complexity index is 221. The van der Waals surface area contributed by atoms with Gasteiger partial charge in [-0.2, -0.15) is 0 Å². The van der Waals surface area contributed by atoms with E-state index >= 15 is 0 Å². The van der Waals surface area contributed by atoms with E-state index < -0.39 is 0 Å². The van der Waals surface area contributed by atoms with Crippen LogP contribution in [0, 0.1) is 0 Å². The maximum absolute atomic E-state index is 2.42. The van der Waals surface area contributed by atoms with E-state index in [9.17, 15) is 0 Å². The molecule has 0 bridgehead atoms. The lowest BCUT2D eigenvalue weighted by Gasteiger charge is -2.03. The van der Waals surface area contributed by atoms with Crippen molar-refractivity contribution in [3.05, 3.63) is 33.5 Å². The molecule has 0 saturated heterocycles. The third kappa shape index (κ3) is 3.57. The number of rotatable bonds is 3. The van der Waals surface area contributed by atoms with Crippen LogP contribution in [0.3, 0.4) is 0 Å². The molecule has 0 aliphatic heterocycles. The summed E-state index contributed by atoms with van der Waals surface area (Å²) in [6.07, 6.45) is 13.8. The fraction of sp³-hybridized carbons (Fsp3) is 0.455. The lowest BCUT2D eigenvalue weighted by molar-refractivity contribution is 0.775. The van der Waals surface area contributed by atoms with Gasteiger partial charge in [0, 0.05) is 0 Å². The Kier molecular flexibility index (Phi) is 4.66. The molecule has 0 fully saturated rings. The van der Waals surface area contributed by atoms with Gasteiger partial charge in [-0.3, -0.25) is 0 Å². The maximum atomic E-state index is 2.42. The normalized spacial score (nSPS) is 16.8. The largest absolute Gasteiger partial charge is 0.0654 e. The first-order chi connectivity index (χ1) is 5.83. The highest BCUT2D eigenvalue weighted by atomic mass is 127. The molecule has 66 valence electrons. The summed E-state index contributed by atoms with van der Waals surface area (Å²) in [7, 11) is 0. The van der Waals surface area contributed by atoms with E-state index in [-0.39, 0.29) is 0 Å². The van der Waals surface area contributed by atoms with E-state index in [1.165, 1.54) is 22.8 Å². The van der Waals surface area contributed by atoms with E-state index in [0.29, 0.717) is 0 Å². The van der Waals surface area contributed by atoms with Crippen molar-refractivity contribution in [3.8, 4) is 0 Å². The number of hydrogen-bond acceptors (Lipinski definition) is 0. The number of halogens is 1. The van der Waals surface area contributed by atoms with Gasteiger partial charge in [0.15, 0.2) is 0 Å². The van der Waals surface area contributed by atoms with Gasteiger partial charge in [0.05, 0.1) is 0 Å². The first-order valence-corrected chi connectivity index (χ1v) is 5.61. The molecule has 1 rings (SSSR count). The Morgan fingerprint density at radius 1 is 1.33 bits per heavy atom. The first kappa shape index (κ1) is 10.0. The number of unbranched alkanes of at least 4 members (excludes halogenated alkanes) is 1. The smallest absolute Gasteiger partial charge is 0.000572 e. The molecule has 0 amide bonds. The zero-order valence-electron chi connectivity index (χ0n) is 7.52. The summed E-state index contributed by atoms with van der Waals surface area (Å²) < 4.78 is 1.45. The average Bonchev–Trinajstić information content (AvgIpc) is 2.26. The Balaban J connectivity index is 2.49. The van der Waals surface area contributed by atoms with E-state index in [0.717, 1.165) is 6.42 Å². The van der Waals surface area contributed by atoms with Crippen LogP contribution in [0.1, 0.15) is 32.6 Å². The van der Waals surface area contributed by atoms with Crippen molar-refractivity contribution < 1.29 is 0 Å². The molecule has 0 aromatic rings.